The zero-order valence-electron chi connectivity index (χ0n) is 9.49. The predicted octanol–water partition coefficient (Wildman–Crippen LogP) is 1.58. The molecular formula is C10H18BrNO2S2. The summed E-state index contributed by atoms with van der Waals surface area (Å²) in [6.45, 7) is 1.85. The Kier molecular flexibility index (Phi) is 3.94. The molecule has 94 valence electrons. The molecule has 2 fully saturated rings. The van der Waals surface area contributed by atoms with Gasteiger partial charge < -0.3 is 0 Å². The lowest BCUT2D eigenvalue weighted by Crippen LogP contribution is -2.49. The van der Waals surface area contributed by atoms with Gasteiger partial charge in [0.1, 0.15) is 5.37 Å². The molecule has 1 saturated carbocycles. The molecule has 1 atom stereocenters. The number of alkyl halides is 1. The second-order valence-corrected chi connectivity index (χ2v) is 8.88. The van der Waals surface area contributed by atoms with Crippen LogP contribution in [0.2, 0.25) is 0 Å². The molecule has 6 heteroatoms. The fourth-order valence-corrected chi connectivity index (χ4v) is 5.81. The van der Waals surface area contributed by atoms with Crippen molar-refractivity contribution >= 4 is 37.5 Å². The minimum Gasteiger partial charge on any atom is -0.285 e. The normalized spacial score (nSPS) is 30.2. The Labute approximate surface area is 110 Å². The van der Waals surface area contributed by atoms with Crippen LogP contribution >= 0.6 is 27.7 Å². The molecule has 0 N–H and O–H groups in total. The van der Waals surface area contributed by atoms with Gasteiger partial charge in [-0.05, 0) is 18.3 Å². The first-order chi connectivity index (χ1) is 7.47. The molecule has 1 heterocycles. The minimum atomic E-state index is -2.94. The highest BCUT2D eigenvalue weighted by atomic mass is 79.9. The summed E-state index contributed by atoms with van der Waals surface area (Å²) in [5.41, 5.74) is 0.366. The third-order valence-corrected chi connectivity index (χ3v) is 7.34. The van der Waals surface area contributed by atoms with Crippen molar-refractivity contribution in [2.24, 2.45) is 5.41 Å². The van der Waals surface area contributed by atoms with E-state index in [1.165, 1.54) is 19.1 Å². The monoisotopic (exact) mass is 327 g/mol. The molecule has 0 aromatic rings. The Morgan fingerprint density at radius 3 is 2.69 bits per heavy atom. The first-order valence-electron chi connectivity index (χ1n) is 5.54. The van der Waals surface area contributed by atoms with Crippen LogP contribution < -0.4 is 0 Å². The summed E-state index contributed by atoms with van der Waals surface area (Å²) in [5, 5.41) is 0.739. The average molecular weight is 328 g/mol. The first kappa shape index (κ1) is 13.2. The van der Waals surface area contributed by atoms with Crippen LogP contribution in [0, 0.1) is 5.41 Å². The summed E-state index contributed by atoms with van der Waals surface area (Å²) in [4.78, 5) is 2.18. The molecule has 0 bridgehead atoms. The summed E-state index contributed by atoms with van der Waals surface area (Å²) >= 11 is 5.30. The maximum absolute atomic E-state index is 11.7. The Balaban J connectivity index is 2.05. The summed E-state index contributed by atoms with van der Waals surface area (Å²) < 4.78 is 23.4. The molecule has 0 spiro atoms. The van der Waals surface area contributed by atoms with Crippen molar-refractivity contribution in [3.8, 4) is 0 Å². The average Bonchev–Trinajstić information content (AvgIpc) is 2.98. The highest BCUT2D eigenvalue weighted by Gasteiger charge is 2.45. The van der Waals surface area contributed by atoms with E-state index in [4.69, 9.17) is 0 Å². The lowest BCUT2D eigenvalue weighted by atomic mass is 10.1. The van der Waals surface area contributed by atoms with Crippen molar-refractivity contribution < 1.29 is 8.42 Å². The zero-order valence-corrected chi connectivity index (χ0v) is 12.7. The Hall–Kier alpha value is 0.740. The summed E-state index contributed by atoms with van der Waals surface area (Å²) in [6, 6.07) is 0. The van der Waals surface area contributed by atoms with E-state index in [2.05, 4.69) is 20.8 Å². The second kappa shape index (κ2) is 4.78. The summed E-state index contributed by atoms with van der Waals surface area (Å²) in [6.07, 6.45) is 3.83. The van der Waals surface area contributed by atoms with E-state index >= 15 is 0 Å². The first-order valence-corrected chi connectivity index (χ1v) is 9.77. The van der Waals surface area contributed by atoms with Gasteiger partial charge in [-0.2, -0.15) is 11.8 Å². The van der Waals surface area contributed by atoms with Crippen molar-refractivity contribution in [3.05, 3.63) is 0 Å². The lowest BCUT2D eigenvalue weighted by molar-refractivity contribution is 0.227. The van der Waals surface area contributed by atoms with Gasteiger partial charge in [0, 0.05) is 36.2 Å². The van der Waals surface area contributed by atoms with Gasteiger partial charge >= 0.3 is 0 Å². The quantitative estimate of drug-likeness (QED) is 0.735. The minimum absolute atomic E-state index is 0.261. The van der Waals surface area contributed by atoms with Crippen molar-refractivity contribution in [1.29, 1.82) is 0 Å². The standard InChI is InChI=1S/C10H18BrNO2S2/c1-16(13,14)9-6-15-5-4-12(9)8-10(7-11)2-3-10/h9H,2-8H2,1H3. The molecule has 0 radical (unpaired) electrons. The molecule has 0 aromatic carbocycles. The Morgan fingerprint density at radius 1 is 1.50 bits per heavy atom. The summed E-state index contributed by atoms with van der Waals surface area (Å²) in [7, 11) is -2.94. The Morgan fingerprint density at radius 2 is 2.19 bits per heavy atom. The maximum Gasteiger partial charge on any atom is 0.164 e. The number of hydrogen-bond donors (Lipinski definition) is 0. The Bertz CT molecular complexity index is 354. The van der Waals surface area contributed by atoms with Crippen LogP contribution in [0.4, 0.5) is 0 Å². The molecule has 2 rings (SSSR count). The molecule has 0 aromatic heterocycles. The number of rotatable bonds is 4. The number of halogens is 1. The largest absolute Gasteiger partial charge is 0.285 e. The molecule has 0 amide bonds. The van der Waals surface area contributed by atoms with Crippen molar-refractivity contribution in [3.63, 3.8) is 0 Å². The van der Waals surface area contributed by atoms with E-state index in [1.807, 2.05) is 0 Å². The fourth-order valence-electron chi connectivity index (χ4n) is 2.13. The smallest absolute Gasteiger partial charge is 0.164 e. The van der Waals surface area contributed by atoms with Crippen LogP contribution in [-0.2, 0) is 9.84 Å². The highest BCUT2D eigenvalue weighted by Crippen LogP contribution is 2.48. The van der Waals surface area contributed by atoms with E-state index in [1.54, 1.807) is 11.8 Å². The molecule has 16 heavy (non-hydrogen) atoms. The highest BCUT2D eigenvalue weighted by molar-refractivity contribution is 9.09. The molecule has 1 unspecified atom stereocenters. The zero-order chi connectivity index (χ0) is 11.8. The number of sulfone groups is 1. The van der Waals surface area contributed by atoms with Gasteiger partial charge in [0.15, 0.2) is 9.84 Å². The van der Waals surface area contributed by atoms with Crippen molar-refractivity contribution in [1.82, 2.24) is 4.90 Å². The molecular weight excluding hydrogens is 310 g/mol. The molecule has 3 nitrogen and oxygen atoms in total. The van der Waals surface area contributed by atoms with E-state index in [0.29, 0.717) is 5.41 Å². The van der Waals surface area contributed by atoms with Gasteiger partial charge in [0.25, 0.3) is 0 Å². The van der Waals surface area contributed by atoms with Crippen molar-refractivity contribution in [2.45, 2.75) is 18.2 Å². The van der Waals surface area contributed by atoms with Gasteiger partial charge in [0.05, 0.1) is 0 Å². The number of hydrogen-bond acceptors (Lipinski definition) is 4. The molecule has 2 aliphatic rings. The van der Waals surface area contributed by atoms with Gasteiger partial charge in [-0.25, -0.2) is 8.42 Å². The molecule has 1 aliphatic carbocycles. The maximum atomic E-state index is 11.7. The van der Waals surface area contributed by atoms with E-state index in [-0.39, 0.29) is 5.37 Å². The number of thioether (sulfide) groups is 1. The van der Waals surface area contributed by atoms with Crippen LogP contribution in [-0.4, -0.2) is 54.9 Å². The van der Waals surface area contributed by atoms with Gasteiger partial charge in [0.2, 0.25) is 0 Å². The molecule has 1 aliphatic heterocycles. The van der Waals surface area contributed by atoms with Gasteiger partial charge in [-0.3, -0.25) is 4.90 Å². The van der Waals surface area contributed by atoms with Crippen LogP contribution in [0.1, 0.15) is 12.8 Å². The third-order valence-electron chi connectivity index (χ3n) is 3.46. The second-order valence-electron chi connectivity index (χ2n) is 4.96. The van der Waals surface area contributed by atoms with E-state index < -0.39 is 9.84 Å². The van der Waals surface area contributed by atoms with Gasteiger partial charge in [-0.1, -0.05) is 15.9 Å². The lowest BCUT2D eigenvalue weighted by Gasteiger charge is -2.36. The van der Waals surface area contributed by atoms with Crippen LogP contribution in [0.15, 0.2) is 0 Å². The van der Waals surface area contributed by atoms with Crippen LogP contribution in [0.5, 0.6) is 0 Å². The SMILES string of the molecule is CS(=O)(=O)C1CSCCN1CC1(CBr)CC1. The summed E-state index contributed by atoms with van der Waals surface area (Å²) in [5.74, 6) is 1.79. The van der Waals surface area contributed by atoms with E-state index in [9.17, 15) is 8.42 Å². The number of nitrogens with zero attached hydrogens (tertiary/aromatic N) is 1. The predicted molar refractivity (Wildman–Crippen MR) is 73.0 cm³/mol. The van der Waals surface area contributed by atoms with Gasteiger partial charge in [-0.15, -0.1) is 0 Å². The third kappa shape index (κ3) is 2.94. The molecule has 1 saturated heterocycles. The topological polar surface area (TPSA) is 37.4 Å². The van der Waals surface area contributed by atoms with Crippen LogP contribution in [0.3, 0.4) is 0 Å². The fraction of sp³-hybridized carbons (Fsp3) is 1.00. The van der Waals surface area contributed by atoms with E-state index in [0.717, 1.165) is 29.9 Å². The van der Waals surface area contributed by atoms with Crippen LogP contribution in [0.25, 0.3) is 0 Å². The van der Waals surface area contributed by atoms with Crippen molar-refractivity contribution in [2.75, 3.05) is 36.2 Å².